The van der Waals surface area contributed by atoms with Gasteiger partial charge in [0.05, 0.1) is 19.3 Å². The van der Waals surface area contributed by atoms with E-state index < -0.39 is 0 Å². The Labute approximate surface area is 147 Å². The van der Waals surface area contributed by atoms with Crippen LogP contribution in [0.1, 0.15) is 26.5 Å². The van der Waals surface area contributed by atoms with E-state index in [1.54, 1.807) is 18.4 Å². The van der Waals surface area contributed by atoms with Crippen LogP contribution in [0.2, 0.25) is 0 Å². The number of aromatic nitrogens is 1. The fourth-order valence-corrected chi connectivity index (χ4v) is 3.16. The Morgan fingerprint density at radius 1 is 1.42 bits per heavy atom. The van der Waals surface area contributed by atoms with Gasteiger partial charge in [-0.2, -0.15) is 0 Å². The highest BCUT2D eigenvalue weighted by atomic mass is 32.1. The maximum Gasteiger partial charge on any atom is 0.234 e. The molecule has 0 bridgehead atoms. The van der Waals surface area contributed by atoms with Crippen molar-refractivity contribution in [2.45, 2.75) is 33.4 Å². The van der Waals surface area contributed by atoms with Crippen molar-refractivity contribution in [2.24, 2.45) is 0 Å². The Morgan fingerprint density at radius 3 is 2.88 bits per heavy atom. The first-order valence-electron chi connectivity index (χ1n) is 8.12. The predicted molar refractivity (Wildman–Crippen MR) is 98.3 cm³/mol. The van der Waals surface area contributed by atoms with Crippen molar-refractivity contribution >= 4 is 17.2 Å². The van der Waals surface area contributed by atoms with Crippen molar-refractivity contribution < 1.29 is 9.53 Å². The molecule has 2 aromatic rings. The summed E-state index contributed by atoms with van der Waals surface area (Å²) in [6, 6.07) is 8.05. The summed E-state index contributed by atoms with van der Waals surface area (Å²) < 4.78 is 5.26. The second-order valence-electron chi connectivity index (χ2n) is 5.90. The molecule has 0 aliphatic carbocycles. The van der Waals surface area contributed by atoms with E-state index in [-0.39, 0.29) is 11.9 Å². The number of thiazole rings is 1. The van der Waals surface area contributed by atoms with Crippen LogP contribution in [0, 0.1) is 0 Å². The maximum absolute atomic E-state index is 11.9. The lowest BCUT2D eigenvalue weighted by Crippen LogP contribution is -2.39. The molecule has 1 N–H and O–H groups in total. The van der Waals surface area contributed by atoms with Gasteiger partial charge in [-0.05, 0) is 32.5 Å². The summed E-state index contributed by atoms with van der Waals surface area (Å²) in [6.07, 6.45) is 0. The van der Waals surface area contributed by atoms with Gasteiger partial charge < -0.3 is 10.1 Å². The minimum absolute atomic E-state index is 0.0510. The van der Waals surface area contributed by atoms with Gasteiger partial charge in [0.1, 0.15) is 10.8 Å². The normalized spacial score (nSPS) is 11.1. The fraction of sp³-hybridized carbons (Fsp3) is 0.444. The highest BCUT2D eigenvalue weighted by molar-refractivity contribution is 7.13. The summed E-state index contributed by atoms with van der Waals surface area (Å²) in [5, 5.41) is 5.94. The molecule has 1 amide bonds. The number of likely N-dealkylation sites (N-methyl/N-ethyl adjacent to an activating group) is 1. The number of benzene rings is 1. The molecular weight excluding hydrogens is 322 g/mol. The lowest BCUT2D eigenvalue weighted by molar-refractivity contribution is -0.122. The number of hydrogen-bond donors (Lipinski definition) is 1. The first-order chi connectivity index (χ1) is 11.5. The van der Waals surface area contributed by atoms with Gasteiger partial charge in [-0.3, -0.25) is 9.69 Å². The van der Waals surface area contributed by atoms with E-state index in [9.17, 15) is 4.79 Å². The predicted octanol–water partition coefficient (Wildman–Crippen LogP) is 3.17. The second kappa shape index (κ2) is 8.80. The summed E-state index contributed by atoms with van der Waals surface area (Å²) in [6.45, 7) is 7.85. The summed E-state index contributed by atoms with van der Waals surface area (Å²) in [5.74, 6) is 0.875. The van der Waals surface area contributed by atoms with Gasteiger partial charge >= 0.3 is 0 Å². The van der Waals surface area contributed by atoms with E-state index in [0.29, 0.717) is 13.1 Å². The van der Waals surface area contributed by atoms with Crippen molar-refractivity contribution in [3.63, 3.8) is 0 Å². The molecule has 0 aliphatic rings. The number of ether oxygens (including phenoxy) is 1. The van der Waals surface area contributed by atoms with Gasteiger partial charge in [0.2, 0.25) is 5.91 Å². The smallest absolute Gasteiger partial charge is 0.234 e. The van der Waals surface area contributed by atoms with E-state index in [2.05, 4.69) is 22.5 Å². The Balaban J connectivity index is 2.02. The minimum Gasteiger partial charge on any atom is -0.497 e. The summed E-state index contributed by atoms with van der Waals surface area (Å²) >= 11 is 1.61. The van der Waals surface area contributed by atoms with Gasteiger partial charge in [0, 0.05) is 23.5 Å². The number of methoxy groups -OCH3 is 1. The summed E-state index contributed by atoms with van der Waals surface area (Å²) in [7, 11) is 1.66. The fourth-order valence-electron chi connectivity index (χ4n) is 2.35. The van der Waals surface area contributed by atoms with Crippen molar-refractivity contribution in [1.29, 1.82) is 0 Å². The molecule has 0 saturated carbocycles. The van der Waals surface area contributed by atoms with Crippen LogP contribution in [0.4, 0.5) is 0 Å². The molecule has 130 valence electrons. The number of hydrogen-bond acceptors (Lipinski definition) is 5. The molecule has 0 radical (unpaired) electrons. The van der Waals surface area contributed by atoms with Crippen LogP contribution in [0.15, 0.2) is 29.6 Å². The number of carbonyl (C=O) groups is 1. The molecular formula is C18H25N3O2S. The molecule has 5 nitrogen and oxygen atoms in total. The van der Waals surface area contributed by atoms with E-state index in [1.807, 2.05) is 38.1 Å². The zero-order valence-electron chi connectivity index (χ0n) is 14.7. The number of rotatable bonds is 8. The zero-order valence-corrected chi connectivity index (χ0v) is 15.5. The van der Waals surface area contributed by atoms with Crippen LogP contribution in [-0.2, 0) is 11.3 Å². The molecule has 0 saturated heterocycles. The summed E-state index contributed by atoms with van der Waals surface area (Å²) in [4.78, 5) is 18.7. The van der Waals surface area contributed by atoms with E-state index in [4.69, 9.17) is 9.72 Å². The quantitative estimate of drug-likeness (QED) is 0.797. The second-order valence-corrected chi connectivity index (χ2v) is 6.76. The third kappa shape index (κ3) is 5.32. The average molecular weight is 347 g/mol. The largest absolute Gasteiger partial charge is 0.497 e. The van der Waals surface area contributed by atoms with Crippen LogP contribution in [0.25, 0.3) is 10.6 Å². The molecule has 0 spiro atoms. The molecule has 6 heteroatoms. The molecule has 1 aromatic carbocycles. The average Bonchev–Trinajstić information content (AvgIpc) is 3.02. The minimum atomic E-state index is 0.0510. The van der Waals surface area contributed by atoms with Gasteiger partial charge in [-0.25, -0.2) is 4.98 Å². The molecule has 0 unspecified atom stereocenters. The lowest BCUT2D eigenvalue weighted by atomic mass is 10.2. The van der Waals surface area contributed by atoms with Crippen molar-refractivity contribution in [3.05, 3.63) is 35.3 Å². The SMILES string of the molecule is CCN(CC(=O)NC(C)C)Cc1csc(-c2cccc(OC)c2)n1. The van der Waals surface area contributed by atoms with Crippen LogP contribution in [-0.4, -0.2) is 42.0 Å². The topological polar surface area (TPSA) is 54.5 Å². The Bertz CT molecular complexity index is 670. The van der Waals surface area contributed by atoms with Crippen molar-refractivity contribution in [2.75, 3.05) is 20.2 Å². The molecule has 0 aliphatic heterocycles. The monoisotopic (exact) mass is 347 g/mol. The van der Waals surface area contributed by atoms with E-state index in [1.165, 1.54) is 0 Å². The van der Waals surface area contributed by atoms with Gasteiger partial charge in [0.25, 0.3) is 0 Å². The number of nitrogens with one attached hydrogen (secondary N) is 1. The molecule has 1 heterocycles. The van der Waals surface area contributed by atoms with Crippen LogP contribution >= 0.6 is 11.3 Å². The molecule has 24 heavy (non-hydrogen) atoms. The highest BCUT2D eigenvalue weighted by Crippen LogP contribution is 2.27. The Hall–Kier alpha value is -1.92. The van der Waals surface area contributed by atoms with Gasteiger partial charge in [-0.1, -0.05) is 19.1 Å². The first-order valence-corrected chi connectivity index (χ1v) is 9.00. The Kier molecular flexibility index (Phi) is 6.75. The molecule has 0 fully saturated rings. The van der Waals surface area contributed by atoms with Gasteiger partial charge in [0.15, 0.2) is 0 Å². The van der Waals surface area contributed by atoms with Crippen LogP contribution < -0.4 is 10.1 Å². The van der Waals surface area contributed by atoms with Crippen molar-refractivity contribution in [3.8, 4) is 16.3 Å². The van der Waals surface area contributed by atoms with Gasteiger partial charge in [-0.15, -0.1) is 11.3 Å². The standard InChI is InChI=1S/C18H25N3O2S/c1-5-21(11-17(22)19-13(2)3)10-15-12-24-18(20-15)14-7-6-8-16(9-14)23-4/h6-9,12-13H,5,10-11H2,1-4H3,(H,19,22). The van der Waals surface area contributed by atoms with E-state index >= 15 is 0 Å². The summed E-state index contributed by atoms with van der Waals surface area (Å²) in [5.41, 5.74) is 2.03. The highest BCUT2D eigenvalue weighted by Gasteiger charge is 2.13. The third-order valence-corrected chi connectivity index (χ3v) is 4.46. The van der Waals surface area contributed by atoms with E-state index in [0.717, 1.165) is 28.6 Å². The first kappa shape index (κ1) is 18.4. The lowest BCUT2D eigenvalue weighted by Gasteiger charge is -2.19. The maximum atomic E-state index is 11.9. The van der Waals surface area contributed by atoms with Crippen LogP contribution in [0.5, 0.6) is 5.75 Å². The number of nitrogens with zero attached hydrogens (tertiary/aromatic N) is 2. The molecule has 1 aromatic heterocycles. The third-order valence-electron chi connectivity index (χ3n) is 3.52. The van der Waals surface area contributed by atoms with Crippen LogP contribution in [0.3, 0.4) is 0 Å². The zero-order chi connectivity index (χ0) is 17.5. The number of carbonyl (C=O) groups excluding carboxylic acids is 1. The Morgan fingerprint density at radius 2 is 2.21 bits per heavy atom. The molecule has 0 atom stereocenters. The van der Waals surface area contributed by atoms with Crippen molar-refractivity contribution in [1.82, 2.24) is 15.2 Å². The number of amides is 1. The molecule has 2 rings (SSSR count).